The SMILES string of the molecule is CCCCC1C(c2ccc(C)cc2)=NN(c2ccc(F)cc2F)C1(C)C(=O)NCCCC(C)(C)CO. The van der Waals surface area contributed by atoms with Crippen molar-refractivity contribution in [3.05, 3.63) is 65.2 Å². The molecular formula is C29H39F2N3O2. The number of carbonyl (C=O) groups is 1. The third-order valence-corrected chi connectivity index (χ3v) is 7.19. The average Bonchev–Trinajstić information content (AvgIpc) is 3.14. The highest BCUT2D eigenvalue weighted by molar-refractivity contribution is 6.10. The third-order valence-electron chi connectivity index (χ3n) is 7.19. The zero-order chi connectivity index (χ0) is 26.5. The zero-order valence-corrected chi connectivity index (χ0v) is 22.1. The van der Waals surface area contributed by atoms with E-state index in [9.17, 15) is 14.3 Å². The van der Waals surface area contributed by atoms with E-state index in [1.165, 1.54) is 17.1 Å². The van der Waals surface area contributed by atoms with Crippen LogP contribution in [0.15, 0.2) is 47.6 Å². The molecule has 0 spiro atoms. The van der Waals surface area contributed by atoms with Crippen LogP contribution < -0.4 is 10.3 Å². The molecule has 3 rings (SSSR count). The molecule has 1 aliphatic rings. The Morgan fingerprint density at radius 3 is 2.47 bits per heavy atom. The highest BCUT2D eigenvalue weighted by atomic mass is 19.1. The third kappa shape index (κ3) is 5.94. The Morgan fingerprint density at radius 1 is 1.17 bits per heavy atom. The van der Waals surface area contributed by atoms with Gasteiger partial charge in [0, 0.05) is 25.1 Å². The number of unbranched alkanes of at least 4 members (excludes halogenated alkanes) is 1. The van der Waals surface area contributed by atoms with Crippen molar-refractivity contribution in [1.82, 2.24) is 5.32 Å². The average molecular weight is 500 g/mol. The maximum atomic E-state index is 15.0. The second kappa shape index (κ2) is 11.5. The summed E-state index contributed by atoms with van der Waals surface area (Å²) in [6, 6.07) is 11.3. The molecule has 5 nitrogen and oxygen atoms in total. The monoisotopic (exact) mass is 499 g/mol. The summed E-state index contributed by atoms with van der Waals surface area (Å²) < 4.78 is 28.8. The van der Waals surface area contributed by atoms with Crippen LogP contribution in [0.2, 0.25) is 0 Å². The van der Waals surface area contributed by atoms with E-state index in [2.05, 4.69) is 12.2 Å². The van der Waals surface area contributed by atoms with Gasteiger partial charge in [0.15, 0.2) is 5.82 Å². The molecule has 1 amide bonds. The molecule has 0 bridgehead atoms. The number of anilines is 1. The summed E-state index contributed by atoms with van der Waals surface area (Å²) in [5.41, 5.74) is 1.35. The summed E-state index contributed by atoms with van der Waals surface area (Å²) >= 11 is 0. The van der Waals surface area contributed by atoms with Crippen LogP contribution >= 0.6 is 0 Å². The quantitative estimate of drug-likeness (QED) is 0.374. The fraction of sp³-hybridized carbons (Fsp3) is 0.517. The number of nitrogens with zero attached hydrogens (tertiary/aromatic N) is 2. The lowest BCUT2D eigenvalue weighted by Gasteiger charge is -2.38. The molecule has 2 atom stereocenters. The molecule has 2 N–H and O–H groups in total. The van der Waals surface area contributed by atoms with Gasteiger partial charge in [-0.2, -0.15) is 5.10 Å². The van der Waals surface area contributed by atoms with Gasteiger partial charge in [0.2, 0.25) is 5.91 Å². The van der Waals surface area contributed by atoms with Gasteiger partial charge in [-0.3, -0.25) is 4.79 Å². The van der Waals surface area contributed by atoms with Crippen LogP contribution in [0, 0.1) is 29.9 Å². The van der Waals surface area contributed by atoms with Crippen molar-refractivity contribution < 1.29 is 18.7 Å². The van der Waals surface area contributed by atoms with Crippen molar-refractivity contribution in [2.24, 2.45) is 16.4 Å². The van der Waals surface area contributed by atoms with E-state index in [0.717, 1.165) is 42.2 Å². The van der Waals surface area contributed by atoms with Crippen molar-refractivity contribution in [3.63, 3.8) is 0 Å². The van der Waals surface area contributed by atoms with Crippen LogP contribution in [-0.4, -0.2) is 35.4 Å². The molecule has 0 aliphatic carbocycles. The van der Waals surface area contributed by atoms with Crippen molar-refractivity contribution in [2.75, 3.05) is 18.2 Å². The predicted molar refractivity (Wildman–Crippen MR) is 141 cm³/mol. The lowest BCUT2D eigenvalue weighted by molar-refractivity contribution is -0.126. The molecule has 196 valence electrons. The highest BCUT2D eigenvalue weighted by Crippen LogP contribution is 2.42. The number of carbonyl (C=O) groups excluding carboxylic acids is 1. The van der Waals surface area contributed by atoms with Gasteiger partial charge in [-0.05, 0) is 56.2 Å². The van der Waals surface area contributed by atoms with Crippen LogP contribution in [0.1, 0.15) is 70.9 Å². The molecule has 0 radical (unpaired) electrons. The van der Waals surface area contributed by atoms with Crippen LogP contribution in [-0.2, 0) is 4.79 Å². The number of aryl methyl sites for hydroxylation is 1. The van der Waals surface area contributed by atoms with Gasteiger partial charge in [0.1, 0.15) is 11.4 Å². The standard InChI is InChI=1S/C29H39F2N3O2/c1-6-7-9-23-26(21-12-10-20(2)11-13-21)33-34(25-15-14-22(30)18-24(25)31)29(23,5)27(36)32-17-8-16-28(3,4)19-35/h10-15,18,23,35H,6-9,16-17,19H2,1-5H3,(H,32,36). The lowest BCUT2D eigenvalue weighted by Crippen LogP contribution is -2.58. The van der Waals surface area contributed by atoms with E-state index in [4.69, 9.17) is 5.10 Å². The molecule has 0 aromatic heterocycles. The molecule has 0 fully saturated rings. The Bertz CT molecular complexity index is 1080. The minimum absolute atomic E-state index is 0.0686. The fourth-order valence-corrected chi connectivity index (χ4v) is 4.74. The van der Waals surface area contributed by atoms with Crippen molar-refractivity contribution in [2.45, 2.75) is 72.3 Å². The van der Waals surface area contributed by atoms with Crippen LogP contribution in [0.3, 0.4) is 0 Å². The van der Waals surface area contributed by atoms with Crippen LogP contribution in [0.4, 0.5) is 14.5 Å². The van der Waals surface area contributed by atoms with Crippen molar-refractivity contribution >= 4 is 17.3 Å². The normalized spacial score (nSPS) is 19.9. The fourth-order valence-electron chi connectivity index (χ4n) is 4.74. The second-order valence-electron chi connectivity index (χ2n) is 10.8. The Kier molecular flexibility index (Phi) is 8.88. The number of hydrazone groups is 1. The summed E-state index contributed by atoms with van der Waals surface area (Å²) in [4.78, 5) is 13.9. The Balaban J connectivity index is 2.01. The van der Waals surface area contributed by atoms with Gasteiger partial charge in [0.25, 0.3) is 0 Å². The molecule has 1 heterocycles. The number of aliphatic hydroxyl groups is 1. The van der Waals surface area contributed by atoms with E-state index in [0.29, 0.717) is 19.4 Å². The minimum Gasteiger partial charge on any atom is -0.396 e. The molecule has 7 heteroatoms. The maximum absolute atomic E-state index is 15.0. The maximum Gasteiger partial charge on any atom is 0.248 e. The molecule has 2 aromatic rings. The second-order valence-corrected chi connectivity index (χ2v) is 10.8. The largest absolute Gasteiger partial charge is 0.396 e. The topological polar surface area (TPSA) is 64.9 Å². The number of amides is 1. The van der Waals surface area contributed by atoms with Crippen molar-refractivity contribution in [1.29, 1.82) is 0 Å². The van der Waals surface area contributed by atoms with Gasteiger partial charge >= 0.3 is 0 Å². The summed E-state index contributed by atoms with van der Waals surface area (Å²) in [6.07, 6.45) is 3.97. The lowest BCUT2D eigenvalue weighted by atomic mass is 9.76. The Morgan fingerprint density at radius 2 is 1.86 bits per heavy atom. The van der Waals surface area contributed by atoms with E-state index in [1.807, 2.05) is 45.0 Å². The molecular weight excluding hydrogens is 460 g/mol. The van der Waals surface area contributed by atoms with Gasteiger partial charge in [0.05, 0.1) is 11.4 Å². The van der Waals surface area contributed by atoms with Crippen LogP contribution in [0.25, 0.3) is 0 Å². The highest BCUT2D eigenvalue weighted by Gasteiger charge is 2.54. The Hall–Kier alpha value is -2.80. The number of aliphatic hydroxyl groups excluding tert-OH is 1. The van der Waals surface area contributed by atoms with Gasteiger partial charge < -0.3 is 10.4 Å². The summed E-state index contributed by atoms with van der Waals surface area (Å²) in [6.45, 7) is 10.4. The summed E-state index contributed by atoms with van der Waals surface area (Å²) in [5.74, 6) is -1.99. The number of rotatable bonds is 11. The molecule has 1 aliphatic heterocycles. The number of benzene rings is 2. The minimum atomic E-state index is -1.21. The number of nitrogens with one attached hydrogen (secondary N) is 1. The Labute approximate surface area is 213 Å². The summed E-state index contributed by atoms with van der Waals surface area (Å²) in [5, 5.41) is 18.9. The predicted octanol–water partition coefficient (Wildman–Crippen LogP) is 5.98. The first-order valence-electron chi connectivity index (χ1n) is 12.8. The first kappa shape index (κ1) is 27.8. The van der Waals surface area contributed by atoms with E-state index >= 15 is 4.39 Å². The van der Waals surface area contributed by atoms with E-state index in [1.54, 1.807) is 6.92 Å². The number of halogens is 2. The first-order valence-corrected chi connectivity index (χ1v) is 12.8. The molecule has 2 aromatic carbocycles. The van der Waals surface area contributed by atoms with Gasteiger partial charge in [-0.15, -0.1) is 0 Å². The van der Waals surface area contributed by atoms with Crippen molar-refractivity contribution in [3.8, 4) is 0 Å². The molecule has 0 saturated heterocycles. The number of hydrogen-bond donors (Lipinski definition) is 2. The number of hydrogen-bond acceptors (Lipinski definition) is 4. The summed E-state index contributed by atoms with van der Waals surface area (Å²) in [7, 11) is 0. The van der Waals surface area contributed by atoms with Gasteiger partial charge in [-0.1, -0.05) is 63.4 Å². The smallest absolute Gasteiger partial charge is 0.248 e. The van der Waals surface area contributed by atoms with Gasteiger partial charge in [-0.25, -0.2) is 13.8 Å². The molecule has 36 heavy (non-hydrogen) atoms. The van der Waals surface area contributed by atoms with E-state index in [-0.39, 0.29) is 29.5 Å². The first-order chi connectivity index (χ1) is 17.0. The molecule has 0 saturated carbocycles. The van der Waals surface area contributed by atoms with E-state index < -0.39 is 17.2 Å². The van der Waals surface area contributed by atoms with Crippen LogP contribution in [0.5, 0.6) is 0 Å². The molecule has 2 unspecified atom stereocenters. The zero-order valence-electron chi connectivity index (χ0n) is 22.1.